The van der Waals surface area contributed by atoms with Crippen LogP contribution in [0, 0.1) is 5.82 Å². The van der Waals surface area contributed by atoms with Gasteiger partial charge in [-0.15, -0.1) is 0 Å². The fourth-order valence-electron chi connectivity index (χ4n) is 4.72. The highest BCUT2D eigenvalue weighted by atomic mass is 35.5. The Bertz CT molecular complexity index is 1120. The molecular formula is C22H20ClFN2O2. The highest BCUT2D eigenvalue weighted by Crippen LogP contribution is 2.58. The second kappa shape index (κ2) is 5.98. The summed E-state index contributed by atoms with van der Waals surface area (Å²) in [7, 11) is 1.59. The van der Waals surface area contributed by atoms with Gasteiger partial charge in [0.1, 0.15) is 17.6 Å². The van der Waals surface area contributed by atoms with Gasteiger partial charge in [-0.3, -0.25) is 4.79 Å². The van der Waals surface area contributed by atoms with Gasteiger partial charge in [0.15, 0.2) is 0 Å². The van der Waals surface area contributed by atoms with Crippen molar-refractivity contribution in [2.75, 3.05) is 13.7 Å². The van der Waals surface area contributed by atoms with Gasteiger partial charge in [-0.05, 0) is 42.7 Å². The zero-order chi connectivity index (χ0) is 19.6. The number of fused-ring (bicyclic) bond motifs is 4. The molecule has 4 nitrogen and oxygen atoms in total. The first-order chi connectivity index (χ1) is 13.4. The number of carbonyl (C=O) groups excluding carboxylic acids is 1. The summed E-state index contributed by atoms with van der Waals surface area (Å²) in [5, 5.41) is 1.21. The first-order valence-corrected chi connectivity index (χ1v) is 9.74. The topological polar surface area (TPSA) is 45.3 Å². The van der Waals surface area contributed by atoms with Crippen LogP contribution in [0.3, 0.4) is 0 Å². The Balaban J connectivity index is 1.82. The van der Waals surface area contributed by atoms with Crippen molar-refractivity contribution in [3.05, 3.63) is 64.1 Å². The van der Waals surface area contributed by atoms with Crippen LogP contribution in [-0.2, 0) is 10.2 Å². The fraction of sp³-hybridized carbons (Fsp3) is 0.318. The minimum absolute atomic E-state index is 0.0157. The third-order valence-electron chi connectivity index (χ3n) is 6.14. The van der Waals surface area contributed by atoms with Crippen LogP contribution < -0.4 is 4.74 Å². The lowest BCUT2D eigenvalue weighted by molar-refractivity contribution is -0.131. The summed E-state index contributed by atoms with van der Waals surface area (Å²) in [6.45, 7) is 2.16. The van der Waals surface area contributed by atoms with Crippen LogP contribution in [0.4, 0.5) is 4.39 Å². The van der Waals surface area contributed by atoms with Gasteiger partial charge >= 0.3 is 0 Å². The van der Waals surface area contributed by atoms with E-state index in [-0.39, 0.29) is 23.2 Å². The number of amides is 1. The van der Waals surface area contributed by atoms with Crippen molar-refractivity contribution in [3.8, 4) is 5.75 Å². The monoisotopic (exact) mass is 398 g/mol. The normalized spacial score (nSPS) is 19.7. The number of nitrogens with zero attached hydrogens (tertiary/aromatic N) is 1. The second-order valence-corrected chi connectivity index (χ2v) is 8.23. The molecule has 6 heteroatoms. The quantitative estimate of drug-likeness (QED) is 0.663. The first kappa shape index (κ1) is 17.6. The van der Waals surface area contributed by atoms with Gasteiger partial charge in [0.05, 0.1) is 7.11 Å². The Morgan fingerprint density at radius 3 is 2.79 bits per heavy atom. The summed E-state index contributed by atoms with van der Waals surface area (Å²) < 4.78 is 20.4. The molecular weight excluding hydrogens is 379 g/mol. The molecule has 1 spiro atoms. The highest BCUT2D eigenvalue weighted by molar-refractivity contribution is 6.30. The van der Waals surface area contributed by atoms with E-state index in [0.717, 1.165) is 35.2 Å². The van der Waals surface area contributed by atoms with E-state index in [4.69, 9.17) is 16.3 Å². The minimum Gasteiger partial charge on any atom is -0.496 e. The molecule has 1 aliphatic heterocycles. The van der Waals surface area contributed by atoms with Gasteiger partial charge in [0.25, 0.3) is 0 Å². The van der Waals surface area contributed by atoms with Crippen molar-refractivity contribution in [1.29, 1.82) is 0 Å². The molecule has 5 rings (SSSR count). The highest BCUT2D eigenvalue weighted by Gasteiger charge is 2.55. The predicted octanol–water partition coefficient (Wildman–Crippen LogP) is 4.95. The van der Waals surface area contributed by atoms with Gasteiger partial charge < -0.3 is 14.6 Å². The van der Waals surface area contributed by atoms with Gasteiger partial charge in [0.2, 0.25) is 5.91 Å². The lowest BCUT2D eigenvalue weighted by Gasteiger charge is -2.40. The molecule has 0 radical (unpaired) electrons. The third kappa shape index (κ3) is 2.39. The number of rotatable bonds is 2. The van der Waals surface area contributed by atoms with Crippen molar-refractivity contribution in [1.82, 2.24) is 9.88 Å². The van der Waals surface area contributed by atoms with Crippen molar-refractivity contribution in [2.24, 2.45) is 0 Å². The van der Waals surface area contributed by atoms with Crippen LogP contribution in [-0.4, -0.2) is 29.4 Å². The number of benzene rings is 2. The molecule has 2 aliphatic rings. The number of H-pyrrole nitrogens is 1. The number of methoxy groups -OCH3 is 1. The predicted molar refractivity (Wildman–Crippen MR) is 106 cm³/mol. The molecule has 2 aromatic carbocycles. The summed E-state index contributed by atoms with van der Waals surface area (Å²) in [4.78, 5) is 17.9. The second-order valence-electron chi connectivity index (χ2n) is 7.79. The number of hydrogen-bond acceptors (Lipinski definition) is 2. The third-order valence-corrected chi connectivity index (χ3v) is 6.37. The summed E-state index contributed by atoms with van der Waals surface area (Å²) in [5.41, 5.74) is 3.32. The van der Waals surface area contributed by atoms with E-state index in [0.29, 0.717) is 22.7 Å². The molecule has 144 valence electrons. The molecule has 1 amide bonds. The number of halogens is 2. The zero-order valence-corrected chi connectivity index (χ0v) is 16.4. The van der Waals surface area contributed by atoms with Crippen molar-refractivity contribution < 1.29 is 13.9 Å². The molecule has 1 N–H and O–H groups in total. The largest absolute Gasteiger partial charge is 0.496 e. The molecule has 2 heterocycles. The van der Waals surface area contributed by atoms with E-state index in [1.807, 2.05) is 17.0 Å². The van der Waals surface area contributed by atoms with E-state index in [2.05, 4.69) is 4.98 Å². The van der Waals surface area contributed by atoms with E-state index >= 15 is 0 Å². The molecule has 3 aromatic rings. The lowest BCUT2D eigenvalue weighted by atomic mass is 9.83. The molecule has 1 saturated carbocycles. The van der Waals surface area contributed by atoms with Crippen LogP contribution in [0.5, 0.6) is 5.75 Å². The SMILES string of the molecule is COc1cc(Cl)ccc1C1c2[nH]c3cccc(F)c3c2C2(CC2)CN1C(C)=O. The van der Waals surface area contributed by atoms with Crippen molar-refractivity contribution in [2.45, 2.75) is 31.2 Å². The van der Waals surface area contributed by atoms with E-state index < -0.39 is 0 Å². The molecule has 1 aliphatic carbocycles. The summed E-state index contributed by atoms with van der Waals surface area (Å²) in [6.07, 6.45) is 1.91. The van der Waals surface area contributed by atoms with Gasteiger partial charge in [-0.1, -0.05) is 23.7 Å². The standard InChI is InChI=1S/C22H20ClFN2O2/c1-12(27)26-11-22(8-9-22)19-18-15(24)4-3-5-16(18)25-20(19)21(26)14-7-6-13(23)10-17(14)28-2/h3-7,10,21,25H,8-9,11H2,1-2H3. The summed E-state index contributed by atoms with van der Waals surface area (Å²) in [5.74, 6) is 0.373. The number of aromatic amines is 1. The number of hydrogen-bond donors (Lipinski definition) is 1. The van der Waals surface area contributed by atoms with Gasteiger partial charge in [-0.25, -0.2) is 4.39 Å². The van der Waals surface area contributed by atoms with Gasteiger partial charge in [-0.2, -0.15) is 0 Å². The maximum atomic E-state index is 14.8. The maximum Gasteiger partial charge on any atom is 0.220 e. The van der Waals surface area contributed by atoms with Crippen LogP contribution in [0.1, 0.15) is 42.6 Å². The number of nitrogens with one attached hydrogen (secondary N) is 1. The van der Waals surface area contributed by atoms with E-state index in [9.17, 15) is 9.18 Å². The Morgan fingerprint density at radius 2 is 2.11 bits per heavy atom. The molecule has 1 aromatic heterocycles. The summed E-state index contributed by atoms with van der Waals surface area (Å²) >= 11 is 6.16. The van der Waals surface area contributed by atoms with Crippen LogP contribution in [0.2, 0.25) is 5.02 Å². The maximum absolute atomic E-state index is 14.8. The van der Waals surface area contributed by atoms with Crippen LogP contribution >= 0.6 is 11.6 Å². The fourth-order valence-corrected chi connectivity index (χ4v) is 4.88. The van der Waals surface area contributed by atoms with Crippen LogP contribution in [0.25, 0.3) is 10.9 Å². The molecule has 1 fully saturated rings. The minimum atomic E-state index is -0.377. The molecule has 28 heavy (non-hydrogen) atoms. The zero-order valence-electron chi connectivity index (χ0n) is 15.7. The molecule has 0 bridgehead atoms. The average Bonchev–Trinajstić information content (AvgIpc) is 3.31. The Hall–Kier alpha value is -2.53. The lowest BCUT2D eigenvalue weighted by Crippen LogP contribution is -2.44. The number of ether oxygens (including phenoxy) is 1. The first-order valence-electron chi connectivity index (χ1n) is 9.36. The van der Waals surface area contributed by atoms with E-state index in [1.54, 1.807) is 32.2 Å². The summed E-state index contributed by atoms with van der Waals surface area (Å²) in [6, 6.07) is 10.2. The van der Waals surface area contributed by atoms with Crippen molar-refractivity contribution >= 4 is 28.4 Å². The number of aromatic nitrogens is 1. The Kier molecular flexibility index (Phi) is 3.75. The molecule has 0 saturated heterocycles. The van der Waals surface area contributed by atoms with Crippen LogP contribution in [0.15, 0.2) is 36.4 Å². The Labute approximate surface area is 167 Å². The molecule has 1 atom stereocenters. The number of carbonyl (C=O) groups is 1. The smallest absolute Gasteiger partial charge is 0.220 e. The van der Waals surface area contributed by atoms with Gasteiger partial charge in [0, 0.05) is 46.1 Å². The van der Waals surface area contributed by atoms with Crippen molar-refractivity contribution in [3.63, 3.8) is 0 Å². The average molecular weight is 399 g/mol. The molecule has 1 unspecified atom stereocenters. The Morgan fingerprint density at radius 1 is 1.32 bits per heavy atom. The van der Waals surface area contributed by atoms with E-state index in [1.165, 1.54) is 6.07 Å².